The lowest BCUT2D eigenvalue weighted by Gasteiger charge is -2.43. The summed E-state index contributed by atoms with van der Waals surface area (Å²) in [5, 5.41) is 4.19. The van der Waals surface area contributed by atoms with E-state index in [-0.39, 0.29) is 0 Å². The molecule has 0 aliphatic carbocycles. The Morgan fingerprint density at radius 3 is 2.25 bits per heavy atom. The average Bonchev–Trinajstić information content (AvgIpc) is 3.14. The first-order valence-electron chi connectivity index (χ1n) is 10.9. The number of hydrogen-bond donors (Lipinski definition) is 3. The van der Waals surface area contributed by atoms with Crippen LogP contribution in [-0.2, 0) is 6.18 Å². The first-order chi connectivity index (χ1) is 17.1. The van der Waals surface area contributed by atoms with Crippen molar-refractivity contribution in [3.05, 3.63) is 67.8 Å². The third-order valence-electron chi connectivity index (χ3n) is 6.06. The van der Waals surface area contributed by atoms with E-state index in [9.17, 15) is 13.2 Å². The monoisotopic (exact) mass is 577 g/mol. The number of alkyl halides is 3. The fourth-order valence-corrected chi connectivity index (χ4v) is 6.31. The van der Waals surface area contributed by atoms with Crippen LogP contribution in [0.15, 0.2) is 52.1 Å². The maximum absolute atomic E-state index is 13.4. The smallest absolute Gasteiger partial charge is 0.340 e. The van der Waals surface area contributed by atoms with Crippen molar-refractivity contribution in [3.63, 3.8) is 0 Å². The van der Waals surface area contributed by atoms with Crippen LogP contribution in [0.2, 0.25) is 15.1 Å². The highest BCUT2D eigenvalue weighted by Crippen LogP contribution is 2.48. The van der Waals surface area contributed by atoms with Gasteiger partial charge in [-0.1, -0.05) is 52.6 Å². The number of rotatable bonds is 2. The summed E-state index contributed by atoms with van der Waals surface area (Å²) in [5.41, 5.74) is 13.2. The highest BCUT2D eigenvalue weighted by molar-refractivity contribution is 8.04. The molecule has 5 N–H and O–H groups in total. The first kappa shape index (κ1) is 25.8. The van der Waals surface area contributed by atoms with Gasteiger partial charge in [0.25, 0.3) is 0 Å². The molecule has 36 heavy (non-hydrogen) atoms. The predicted octanol–water partition coefficient (Wildman–Crippen LogP) is 4.70. The van der Waals surface area contributed by atoms with Crippen molar-refractivity contribution >= 4 is 63.9 Å². The molecule has 0 saturated carbocycles. The Kier molecular flexibility index (Phi) is 7.01. The zero-order valence-corrected chi connectivity index (χ0v) is 21.7. The number of piperazine rings is 1. The molecule has 0 amide bonds. The van der Waals surface area contributed by atoms with E-state index in [1.54, 1.807) is 28.0 Å². The third-order valence-corrected chi connectivity index (χ3v) is 7.95. The van der Waals surface area contributed by atoms with Gasteiger partial charge in [-0.15, -0.1) is 0 Å². The summed E-state index contributed by atoms with van der Waals surface area (Å²) in [6.45, 7) is 2.71. The van der Waals surface area contributed by atoms with Crippen molar-refractivity contribution in [1.29, 1.82) is 0 Å². The molecule has 14 heteroatoms. The summed E-state index contributed by atoms with van der Waals surface area (Å²) < 4.78 is 40.1. The predicted molar refractivity (Wildman–Crippen MR) is 140 cm³/mol. The number of para-hydroxylation sites is 1. The summed E-state index contributed by atoms with van der Waals surface area (Å²) in [6, 6.07) is 8.64. The Morgan fingerprint density at radius 1 is 0.972 bits per heavy atom. The van der Waals surface area contributed by atoms with Gasteiger partial charge in [0.2, 0.25) is 5.96 Å². The van der Waals surface area contributed by atoms with Gasteiger partial charge in [-0.3, -0.25) is 4.90 Å². The summed E-state index contributed by atoms with van der Waals surface area (Å²) in [4.78, 5) is 10.3. The molecule has 2 atom stereocenters. The number of thioether (sulfide) groups is 1. The van der Waals surface area contributed by atoms with Crippen molar-refractivity contribution in [1.82, 2.24) is 10.2 Å². The van der Waals surface area contributed by atoms with Crippen molar-refractivity contribution < 1.29 is 13.2 Å². The molecule has 7 nitrogen and oxygen atoms in total. The Balaban J connectivity index is 1.64. The van der Waals surface area contributed by atoms with Crippen LogP contribution in [0, 0.1) is 0 Å². The van der Waals surface area contributed by atoms with Crippen molar-refractivity contribution in [3.8, 4) is 0 Å². The quantitative estimate of drug-likeness (QED) is 0.477. The molecule has 2 aromatic rings. The molecule has 0 spiro atoms. The standard InChI is InChI=1S/C22H21Cl3F3N7S/c23-13-2-1-3-14(24)16(13)35-17-18(29)34(11-4-5-12(15(25)10-11)22(26,27)28)21(32-19(17)36-20(35)30)33-8-6-31-7-9-33/h1-5,10,18,20,31H,6-9,29-30H2. The number of hydrogen-bond acceptors (Lipinski definition) is 8. The Bertz CT molecular complexity index is 1230. The Labute approximate surface area is 224 Å². The van der Waals surface area contributed by atoms with Gasteiger partial charge in [-0.05, 0) is 30.3 Å². The normalized spacial score (nSPS) is 22.8. The van der Waals surface area contributed by atoms with E-state index < -0.39 is 28.4 Å². The van der Waals surface area contributed by atoms with Crippen LogP contribution in [0.1, 0.15) is 5.56 Å². The topological polar surface area (TPSA) is 86.1 Å². The van der Waals surface area contributed by atoms with Gasteiger partial charge in [-0.25, -0.2) is 4.99 Å². The number of benzene rings is 2. The van der Waals surface area contributed by atoms with Gasteiger partial charge in [0.15, 0.2) is 0 Å². The molecule has 2 aromatic carbocycles. The molecule has 1 saturated heterocycles. The number of nitrogens with two attached hydrogens (primary N) is 2. The van der Waals surface area contributed by atoms with E-state index in [1.807, 2.05) is 4.90 Å². The van der Waals surface area contributed by atoms with E-state index >= 15 is 0 Å². The lowest BCUT2D eigenvalue weighted by molar-refractivity contribution is -0.137. The second-order valence-electron chi connectivity index (χ2n) is 8.26. The first-order valence-corrected chi connectivity index (χ1v) is 12.9. The summed E-state index contributed by atoms with van der Waals surface area (Å²) in [5.74, 6) is 0.505. The lowest BCUT2D eigenvalue weighted by atomic mass is 10.1. The summed E-state index contributed by atoms with van der Waals surface area (Å²) >= 11 is 20.4. The van der Waals surface area contributed by atoms with Gasteiger partial charge < -0.3 is 26.6 Å². The molecule has 3 aliphatic rings. The van der Waals surface area contributed by atoms with Gasteiger partial charge in [-0.2, -0.15) is 13.2 Å². The maximum Gasteiger partial charge on any atom is 0.417 e. The van der Waals surface area contributed by atoms with E-state index in [4.69, 9.17) is 51.3 Å². The molecule has 2 unspecified atom stereocenters. The molecule has 3 aliphatic heterocycles. The third kappa shape index (κ3) is 4.51. The van der Waals surface area contributed by atoms with Crippen molar-refractivity contribution in [2.24, 2.45) is 16.5 Å². The second kappa shape index (κ2) is 9.79. The van der Waals surface area contributed by atoms with Crippen LogP contribution < -0.4 is 26.6 Å². The van der Waals surface area contributed by atoms with E-state index in [0.29, 0.717) is 51.2 Å². The van der Waals surface area contributed by atoms with Crippen LogP contribution in [0.25, 0.3) is 0 Å². The summed E-state index contributed by atoms with van der Waals surface area (Å²) in [6.07, 6.45) is -5.46. The Hall–Kier alpha value is -1.86. The van der Waals surface area contributed by atoms with Crippen molar-refractivity contribution in [2.45, 2.75) is 17.8 Å². The van der Waals surface area contributed by atoms with Crippen LogP contribution in [-0.4, -0.2) is 48.7 Å². The highest BCUT2D eigenvalue weighted by Gasteiger charge is 2.44. The number of aliphatic imine (C=N–C) groups is 1. The number of guanidine groups is 1. The SMILES string of the molecule is NC1SC2=C(C(N)N(c3ccc(C(F)(F)F)c(Cl)c3)C(N3CCNCC3)=N2)N1c1c(Cl)cccc1Cl. The van der Waals surface area contributed by atoms with Crippen LogP contribution >= 0.6 is 46.6 Å². The average molecular weight is 579 g/mol. The van der Waals surface area contributed by atoms with E-state index in [0.717, 1.165) is 19.2 Å². The molecule has 0 bridgehead atoms. The van der Waals surface area contributed by atoms with Gasteiger partial charge >= 0.3 is 6.18 Å². The minimum Gasteiger partial charge on any atom is -0.340 e. The molecule has 0 aromatic heterocycles. The van der Waals surface area contributed by atoms with Crippen LogP contribution in [0.4, 0.5) is 24.5 Å². The highest BCUT2D eigenvalue weighted by atomic mass is 35.5. The second-order valence-corrected chi connectivity index (χ2v) is 10.6. The minimum atomic E-state index is -4.59. The molecule has 0 radical (unpaired) electrons. The fourth-order valence-electron chi connectivity index (χ4n) is 4.43. The lowest BCUT2D eigenvalue weighted by Crippen LogP contribution is -2.60. The van der Waals surface area contributed by atoms with Gasteiger partial charge in [0.1, 0.15) is 16.7 Å². The van der Waals surface area contributed by atoms with Gasteiger partial charge in [0, 0.05) is 31.9 Å². The number of nitrogens with one attached hydrogen (secondary N) is 1. The maximum atomic E-state index is 13.4. The van der Waals surface area contributed by atoms with Crippen LogP contribution in [0.3, 0.4) is 0 Å². The number of anilines is 2. The minimum absolute atomic E-state index is 0.361. The molecule has 5 rings (SSSR count). The molecular weight excluding hydrogens is 558 g/mol. The zero-order chi connectivity index (χ0) is 25.8. The van der Waals surface area contributed by atoms with Crippen molar-refractivity contribution in [2.75, 3.05) is 36.0 Å². The van der Waals surface area contributed by atoms with Gasteiger partial charge in [0.05, 0.1) is 32.0 Å². The van der Waals surface area contributed by atoms with E-state index in [1.165, 1.54) is 23.9 Å². The fraction of sp³-hybridized carbons (Fsp3) is 0.318. The molecular formula is C22H21Cl3F3N7S. The Morgan fingerprint density at radius 2 is 1.64 bits per heavy atom. The summed E-state index contributed by atoms with van der Waals surface area (Å²) in [7, 11) is 0. The molecule has 192 valence electrons. The zero-order valence-electron chi connectivity index (χ0n) is 18.6. The number of nitrogens with zero attached hydrogens (tertiary/aromatic N) is 4. The molecule has 1 fully saturated rings. The number of halogens is 6. The van der Waals surface area contributed by atoms with E-state index in [2.05, 4.69) is 5.32 Å². The van der Waals surface area contributed by atoms with Crippen LogP contribution in [0.5, 0.6) is 0 Å². The largest absolute Gasteiger partial charge is 0.417 e. The molecule has 3 heterocycles.